The van der Waals surface area contributed by atoms with Gasteiger partial charge in [-0.3, -0.25) is 14.5 Å². The SMILES string of the molecule is CNC(=O)CCNC(=O)N1CCCN(CC(=O)O)CC1. The van der Waals surface area contributed by atoms with E-state index in [-0.39, 0.29) is 24.9 Å². The van der Waals surface area contributed by atoms with Crippen molar-refractivity contribution in [2.45, 2.75) is 12.8 Å². The summed E-state index contributed by atoms with van der Waals surface area (Å²) < 4.78 is 0. The molecule has 0 radical (unpaired) electrons. The van der Waals surface area contributed by atoms with E-state index in [1.165, 1.54) is 0 Å². The first-order valence-electron chi connectivity index (χ1n) is 6.70. The van der Waals surface area contributed by atoms with E-state index in [0.717, 1.165) is 6.42 Å². The second kappa shape index (κ2) is 8.36. The molecular formula is C12H22N4O4. The number of amides is 3. The van der Waals surface area contributed by atoms with Crippen molar-refractivity contribution in [1.29, 1.82) is 0 Å². The number of carbonyl (C=O) groups is 3. The minimum Gasteiger partial charge on any atom is -0.480 e. The van der Waals surface area contributed by atoms with Gasteiger partial charge in [-0.2, -0.15) is 0 Å². The van der Waals surface area contributed by atoms with Crippen LogP contribution >= 0.6 is 0 Å². The summed E-state index contributed by atoms with van der Waals surface area (Å²) in [6.07, 6.45) is 0.997. The maximum atomic E-state index is 11.9. The monoisotopic (exact) mass is 286 g/mol. The van der Waals surface area contributed by atoms with Crippen molar-refractivity contribution in [2.24, 2.45) is 0 Å². The average Bonchev–Trinajstić information content (AvgIpc) is 2.63. The number of rotatable bonds is 5. The van der Waals surface area contributed by atoms with Crippen molar-refractivity contribution in [1.82, 2.24) is 20.4 Å². The molecule has 0 saturated carbocycles. The van der Waals surface area contributed by atoms with Crippen LogP contribution in [0.15, 0.2) is 0 Å². The molecule has 20 heavy (non-hydrogen) atoms. The Balaban J connectivity index is 2.31. The Bertz CT molecular complexity index is 361. The summed E-state index contributed by atoms with van der Waals surface area (Å²) in [5.41, 5.74) is 0. The lowest BCUT2D eigenvalue weighted by Crippen LogP contribution is -2.43. The Morgan fingerprint density at radius 2 is 1.90 bits per heavy atom. The van der Waals surface area contributed by atoms with Gasteiger partial charge in [0.15, 0.2) is 0 Å². The molecule has 114 valence electrons. The van der Waals surface area contributed by atoms with Gasteiger partial charge in [0, 0.05) is 46.2 Å². The molecular weight excluding hydrogens is 264 g/mol. The number of carboxylic acid groups (broad SMARTS) is 1. The highest BCUT2D eigenvalue weighted by Gasteiger charge is 2.19. The van der Waals surface area contributed by atoms with Crippen LogP contribution < -0.4 is 10.6 Å². The van der Waals surface area contributed by atoms with E-state index in [0.29, 0.717) is 32.7 Å². The first-order chi connectivity index (χ1) is 9.52. The molecule has 0 aromatic rings. The molecule has 1 aliphatic rings. The molecule has 1 aliphatic heterocycles. The summed E-state index contributed by atoms with van der Waals surface area (Å²) in [6, 6.07) is -0.203. The quantitative estimate of drug-likeness (QED) is 0.597. The normalized spacial score (nSPS) is 16.4. The second-order valence-electron chi connectivity index (χ2n) is 4.67. The summed E-state index contributed by atoms with van der Waals surface area (Å²) >= 11 is 0. The van der Waals surface area contributed by atoms with Crippen molar-refractivity contribution in [3.63, 3.8) is 0 Å². The molecule has 0 spiro atoms. The summed E-state index contributed by atoms with van der Waals surface area (Å²) in [7, 11) is 1.55. The highest BCUT2D eigenvalue weighted by molar-refractivity contribution is 5.78. The van der Waals surface area contributed by atoms with Crippen LogP contribution in [-0.2, 0) is 9.59 Å². The van der Waals surface area contributed by atoms with Gasteiger partial charge in [0.2, 0.25) is 5.91 Å². The number of carbonyl (C=O) groups excluding carboxylic acids is 2. The third-order valence-corrected chi connectivity index (χ3v) is 3.14. The lowest BCUT2D eigenvalue weighted by atomic mass is 10.4. The van der Waals surface area contributed by atoms with Gasteiger partial charge in [0.25, 0.3) is 0 Å². The van der Waals surface area contributed by atoms with Crippen LogP contribution in [0.5, 0.6) is 0 Å². The van der Waals surface area contributed by atoms with Gasteiger partial charge in [-0.25, -0.2) is 4.79 Å². The number of nitrogens with zero attached hydrogens (tertiary/aromatic N) is 2. The zero-order valence-electron chi connectivity index (χ0n) is 11.7. The summed E-state index contributed by atoms with van der Waals surface area (Å²) in [4.78, 5) is 37.1. The fourth-order valence-electron chi connectivity index (χ4n) is 2.04. The molecule has 0 bridgehead atoms. The van der Waals surface area contributed by atoms with E-state index in [1.807, 2.05) is 4.90 Å². The maximum Gasteiger partial charge on any atom is 0.317 e. The van der Waals surface area contributed by atoms with E-state index >= 15 is 0 Å². The largest absolute Gasteiger partial charge is 0.480 e. The number of hydrogen-bond donors (Lipinski definition) is 3. The maximum absolute atomic E-state index is 11.9. The van der Waals surface area contributed by atoms with Gasteiger partial charge < -0.3 is 20.6 Å². The number of nitrogens with one attached hydrogen (secondary N) is 2. The predicted molar refractivity (Wildman–Crippen MR) is 72.3 cm³/mol. The van der Waals surface area contributed by atoms with Crippen molar-refractivity contribution in [3.8, 4) is 0 Å². The Morgan fingerprint density at radius 1 is 1.15 bits per heavy atom. The molecule has 0 atom stereocenters. The van der Waals surface area contributed by atoms with Crippen LogP contribution in [-0.4, -0.2) is 79.1 Å². The Morgan fingerprint density at radius 3 is 2.55 bits per heavy atom. The third-order valence-electron chi connectivity index (χ3n) is 3.14. The number of hydrogen-bond acceptors (Lipinski definition) is 4. The molecule has 0 aromatic carbocycles. The number of urea groups is 1. The van der Waals surface area contributed by atoms with Crippen LogP contribution in [0.2, 0.25) is 0 Å². The highest BCUT2D eigenvalue weighted by atomic mass is 16.4. The molecule has 0 aliphatic carbocycles. The molecule has 1 rings (SSSR count). The van der Waals surface area contributed by atoms with Crippen LogP contribution in [0.4, 0.5) is 4.79 Å². The smallest absolute Gasteiger partial charge is 0.317 e. The van der Waals surface area contributed by atoms with E-state index < -0.39 is 5.97 Å². The Labute approximate surface area is 118 Å². The summed E-state index contributed by atoms with van der Waals surface area (Å²) in [5, 5.41) is 13.9. The topological polar surface area (TPSA) is 102 Å². The molecule has 0 aromatic heterocycles. The summed E-state index contributed by atoms with van der Waals surface area (Å²) in [5.74, 6) is -0.970. The fourth-order valence-corrected chi connectivity index (χ4v) is 2.04. The Hall–Kier alpha value is -1.83. The minimum atomic E-state index is -0.853. The molecule has 1 saturated heterocycles. The lowest BCUT2D eigenvalue weighted by molar-refractivity contribution is -0.138. The molecule has 8 heteroatoms. The van der Waals surface area contributed by atoms with E-state index in [4.69, 9.17) is 5.11 Å². The van der Waals surface area contributed by atoms with Crippen molar-refractivity contribution in [2.75, 3.05) is 46.3 Å². The molecule has 1 heterocycles. The zero-order chi connectivity index (χ0) is 15.0. The first kappa shape index (κ1) is 16.2. The van der Waals surface area contributed by atoms with Crippen LogP contribution in [0.3, 0.4) is 0 Å². The van der Waals surface area contributed by atoms with Gasteiger partial charge >= 0.3 is 12.0 Å². The third kappa shape index (κ3) is 5.87. The van der Waals surface area contributed by atoms with Crippen molar-refractivity contribution >= 4 is 17.9 Å². The molecule has 0 unspecified atom stereocenters. The van der Waals surface area contributed by atoms with Crippen molar-refractivity contribution in [3.05, 3.63) is 0 Å². The first-order valence-corrected chi connectivity index (χ1v) is 6.70. The molecule has 3 amide bonds. The van der Waals surface area contributed by atoms with Gasteiger partial charge in [-0.05, 0) is 6.42 Å². The van der Waals surface area contributed by atoms with E-state index in [1.54, 1.807) is 11.9 Å². The van der Waals surface area contributed by atoms with Gasteiger partial charge in [0.1, 0.15) is 0 Å². The summed E-state index contributed by atoms with van der Waals surface area (Å²) in [6.45, 7) is 2.63. The number of aliphatic carboxylic acids is 1. The average molecular weight is 286 g/mol. The van der Waals surface area contributed by atoms with E-state index in [2.05, 4.69) is 10.6 Å². The van der Waals surface area contributed by atoms with Crippen LogP contribution in [0.1, 0.15) is 12.8 Å². The van der Waals surface area contributed by atoms with Gasteiger partial charge in [0.05, 0.1) is 6.54 Å². The molecule has 8 nitrogen and oxygen atoms in total. The molecule has 1 fully saturated rings. The second-order valence-corrected chi connectivity index (χ2v) is 4.67. The van der Waals surface area contributed by atoms with Crippen LogP contribution in [0.25, 0.3) is 0 Å². The Kier molecular flexibility index (Phi) is 6.78. The lowest BCUT2D eigenvalue weighted by Gasteiger charge is -2.21. The van der Waals surface area contributed by atoms with Crippen LogP contribution in [0, 0.1) is 0 Å². The minimum absolute atomic E-state index is 0.00608. The van der Waals surface area contributed by atoms with Gasteiger partial charge in [-0.15, -0.1) is 0 Å². The molecule has 3 N–H and O–H groups in total. The van der Waals surface area contributed by atoms with Gasteiger partial charge in [-0.1, -0.05) is 0 Å². The van der Waals surface area contributed by atoms with E-state index in [9.17, 15) is 14.4 Å². The van der Waals surface area contributed by atoms with Crippen molar-refractivity contribution < 1.29 is 19.5 Å². The highest BCUT2D eigenvalue weighted by Crippen LogP contribution is 2.03. The predicted octanol–water partition coefficient (Wildman–Crippen LogP) is -1.08. The number of carboxylic acids is 1. The zero-order valence-corrected chi connectivity index (χ0v) is 11.7. The standard InChI is InChI=1S/C12H22N4O4/c1-13-10(17)3-4-14-12(20)16-6-2-5-15(7-8-16)9-11(18)19/h2-9H2,1H3,(H,13,17)(H,14,20)(H,18,19). The fraction of sp³-hybridized carbons (Fsp3) is 0.750.